The van der Waals surface area contributed by atoms with Gasteiger partial charge in [0.2, 0.25) is 5.82 Å². The minimum atomic E-state index is -0.161. The Bertz CT molecular complexity index is 1100. The van der Waals surface area contributed by atoms with Gasteiger partial charge in [-0.05, 0) is 74.0 Å². The standard InChI is InChI=1S/C23H32N6O2/c1-5-23(3,4)29-21(25-26-27-29)15-28(14-19-7-6-10-31-19)13-18-12-17-11-16(2)8-9-20(17)24-22(18)30/h8-9,11-12,19H,5-7,10,13-15H2,1-4H3,(H,24,30)/p+1/t19-/m0/s1. The van der Waals surface area contributed by atoms with Crippen LogP contribution in [0.4, 0.5) is 0 Å². The molecule has 8 nitrogen and oxygen atoms in total. The molecule has 8 heteroatoms. The van der Waals surface area contributed by atoms with Crippen molar-refractivity contribution in [3.63, 3.8) is 0 Å². The molecule has 0 saturated carbocycles. The third-order valence-corrected chi connectivity index (χ3v) is 6.44. The van der Waals surface area contributed by atoms with Crippen molar-refractivity contribution in [3.8, 4) is 0 Å². The molecule has 2 aromatic heterocycles. The number of quaternary nitrogens is 1. The molecule has 0 radical (unpaired) electrons. The van der Waals surface area contributed by atoms with Crippen LogP contribution in [-0.4, -0.2) is 44.4 Å². The molecule has 1 aromatic carbocycles. The van der Waals surface area contributed by atoms with Gasteiger partial charge in [0, 0.05) is 12.1 Å². The van der Waals surface area contributed by atoms with Crippen LogP contribution in [-0.2, 0) is 23.4 Å². The highest BCUT2D eigenvalue weighted by atomic mass is 16.5. The number of ether oxygens (including phenoxy) is 1. The van der Waals surface area contributed by atoms with Crippen molar-refractivity contribution in [1.29, 1.82) is 0 Å². The number of fused-ring (bicyclic) bond motifs is 1. The number of rotatable bonds is 8. The third-order valence-electron chi connectivity index (χ3n) is 6.44. The molecule has 1 fully saturated rings. The van der Waals surface area contributed by atoms with E-state index < -0.39 is 0 Å². The number of benzene rings is 1. The predicted molar refractivity (Wildman–Crippen MR) is 119 cm³/mol. The first-order chi connectivity index (χ1) is 14.9. The van der Waals surface area contributed by atoms with Crippen molar-refractivity contribution in [1.82, 2.24) is 25.2 Å². The smallest absolute Gasteiger partial charge is 0.257 e. The zero-order valence-corrected chi connectivity index (χ0v) is 18.9. The van der Waals surface area contributed by atoms with Crippen LogP contribution in [0.15, 0.2) is 29.1 Å². The topological polar surface area (TPSA) is 90.1 Å². The Hall–Kier alpha value is -2.58. The van der Waals surface area contributed by atoms with Gasteiger partial charge in [0.05, 0.1) is 11.1 Å². The highest BCUT2D eigenvalue weighted by molar-refractivity contribution is 5.79. The summed E-state index contributed by atoms with van der Waals surface area (Å²) in [7, 11) is 0. The summed E-state index contributed by atoms with van der Waals surface area (Å²) in [4.78, 5) is 17.1. The Morgan fingerprint density at radius 2 is 2.13 bits per heavy atom. The number of hydrogen-bond acceptors (Lipinski definition) is 5. The molecule has 1 aliphatic heterocycles. The van der Waals surface area contributed by atoms with Crippen LogP contribution in [0, 0.1) is 6.92 Å². The maximum Gasteiger partial charge on any atom is 0.257 e. The number of tetrazole rings is 1. The molecule has 166 valence electrons. The van der Waals surface area contributed by atoms with Crippen LogP contribution >= 0.6 is 0 Å². The van der Waals surface area contributed by atoms with E-state index in [0.717, 1.165) is 54.7 Å². The van der Waals surface area contributed by atoms with E-state index in [2.05, 4.69) is 54.3 Å². The first kappa shape index (κ1) is 21.6. The van der Waals surface area contributed by atoms with Gasteiger partial charge >= 0.3 is 0 Å². The Balaban J connectivity index is 1.63. The van der Waals surface area contributed by atoms with Gasteiger partial charge in [-0.25, -0.2) is 4.68 Å². The van der Waals surface area contributed by atoms with Crippen molar-refractivity contribution < 1.29 is 9.64 Å². The second kappa shape index (κ2) is 8.88. The van der Waals surface area contributed by atoms with Crippen LogP contribution in [0.3, 0.4) is 0 Å². The van der Waals surface area contributed by atoms with Gasteiger partial charge in [-0.1, -0.05) is 18.6 Å². The Labute approximate surface area is 182 Å². The summed E-state index contributed by atoms with van der Waals surface area (Å²) in [5.41, 5.74) is 2.63. The lowest BCUT2D eigenvalue weighted by molar-refractivity contribution is -0.931. The van der Waals surface area contributed by atoms with Gasteiger partial charge in [-0.15, -0.1) is 5.10 Å². The number of aromatic amines is 1. The number of aromatic nitrogens is 5. The van der Waals surface area contributed by atoms with Crippen molar-refractivity contribution in [2.24, 2.45) is 0 Å². The molecule has 0 amide bonds. The summed E-state index contributed by atoms with van der Waals surface area (Å²) in [5, 5.41) is 13.6. The Morgan fingerprint density at radius 1 is 1.29 bits per heavy atom. The highest BCUT2D eigenvalue weighted by Gasteiger charge is 2.28. The first-order valence-corrected chi connectivity index (χ1v) is 11.2. The van der Waals surface area contributed by atoms with E-state index in [4.69, 9.17) is 4.74 Å². The zero-order chi connectivity index (χ0) is 22.0. The van der Waals surface area contributed by atoms with Crippen LogP contribution in [0.25, 0.3) is 10.9 Å². The molecule has 2 atom stereocenters. The van der Waals surface area contributed by atoms with Gasteiger partial charge in [0.1, 0.15) is 25.7 Å². The SMILES string of the molecule is CCC(C)(C)n1nnnc1C[NH+](Cc1cc2cc(C)ccc2[nH]c1=O)C[C@@H]1CCCO1. The monoisotopic (exact) mass is 425 g/mol. The lowest BCUT2D eigenvalue weighted by atomic mass is 10.0. The summed E-state index contributed by atoms with van der Waals surface area (Å²) in [6, 6.07) is 8.12. The summed E-state index contributed by atoms with van der Waals surface area (Å²) >= 11 is 0. The maximum atomic E-state index is 12.8. The number of hydrogen-bond donors (Lipinski definition) is 2. The molecule has 1 aliphatic rings. The van der Waals surface area contributed by atoms with E-state index in [1.165, 1.54) is 10.5 Å². The lowest BCUT2D eigenvalue weighted by Gasteiger charge is -2.26. The van der Waals surface area contributed by atoms with Gasteiger partial charge in [-0.2, -0.15) is 0 Å². The fourth-order valence-electron chi connectivity index (χ4n) is 4.27. The van der Waals surface area contributed by atoms with Gasteiger partial charge in [0.25, 0.3) is 5.56 Å². The average molecular weight is 426 g/mol. The van der Waals surface area contributed by atoms with Crippen LogP contribution in [0.2, 0.25) is 0 Å². The number of aryl methyl sites for hydroxylation is 1. The molecule has 2 N–H and O–H groups in total. The molecule has 0 spiro atoms. The lowest BCUT2D eigenvalue weighted by Crippen LogP contribution is -3.10. The second-order valence-corrected chi connectivity index (χ2v) is 9.33. The average Bonchev–Trinajstić information content (AvgIpc) is 3.41. The van der Waals surface area contributed by atoms with E-state index in [0.29, 0.717) is 13.1 Å². The zero-order valence-electron chi connectivity index (χ0n) is 18.9. The van der Waals surface area contributed by atoms with Gasteiger partial charge < -0.3 is 14.6 Å². The van der Waals surface area contributed by atoms with E-state index >= 15 is 0 Å². The van der Waals surface area contributed by atoms with Crippen LogP contribution < -0.4 is 10.5 Å². The predicted octanol–water partition coefficient (Wildman–Crippen LogP) is 1.73. The quantitative estimate of drug-likeness (QED) is 0.574. The van der Waals surface area contributed by atoms with Crippen LogP contribution in [0.5, 0.6) is 0 Å². The van der Waals surface area contributed by atoms with Crippen molar-refractivity contribution in [3.05, 3.63) is 51.6 Å². The molecule has 0 bridgehead atoms. The highest BCUT2D eigenvalue weighted by Crippen LogP contribution is 2.19. The maximum absolute atomic E-state index is 12.8. The minimum Gasteiger partial charge on any atom is -0.372 e. The number of nitrogens with one attached hydrogen (secondary N) is 2. The number of pyridine rings is 1. The molecular formula is C23H33N6O2+. The molecule has 4 rings (SSSR count). The summed E-state index contributed by atoms with van der Waals surface area (Å²) in [6.07, 6.45) is 3.28. The van der Waals surface area contributed by atoms with E-state index in [-0.39, 0.29) is 17.2 Å². The molecular weight excluding hydrogens is 392 g/mol. The normalized spacial score (nSPS) is 18.0. The third kappa shape index (κ3) is 4.85. The summed E-state index contributed by atoms with van der Waals surface area (Å²) in [5.74, 6) is 0.841. The van der Waals surface area contributed by atoms with Crippen molar-refractivity contribution in [2.75, 3.05) is 13.2 Å². The molecule has 3 aromatic rings. The van der Waals surface area contributed by atoms with Gasteiger partial charge in [-0.3, -0.25) is 4.79 Å². The first-order valence-electron chi connectivity index (χ1n) is 11.2. The Kier molecular flexibility index (Phi) is 6.20. The fourth-order valence-corrected chi connectivity index (χ4v) is 4.27. The molecule has 3 heterocycles. The van der Waals surface area contributed by atoms with E-state index in [1.807, 2.05) is 22.9 Å². The fraction of sp³-hybridized carbons (Fsp3) is 0.565. The Morgan fingerprint density at radius 3 is 2.87 bits per heavy atom. The van der Waals surface area contributed by atoms with Gasteiger partial charge in [0.15, 0.2) is 0 Å². The van der Waals surface area contributed by atoms with Crippen molar-refractivity contribution >= 4 is 10.9 Å². The molecule has 1 saturated heterocycles. The minimum absolute atomic E-state index is 0.0327. The molecule has 31 heavy (non-hydrogen) atoms. The largest absolute Gasteiger partial charge is 0.372 e. The second-order valence-electron chi connectivity index (χ2n) is 9.33. The van der Waals surface area contributed by atoms with E-state index in [9.17, 15) is 4.79 Å². The summed E-state index contributed by atoms with van der Waals surface area (Å²) in [6.45, 7) is 11.4. The van der Waals surface area contributed by atoms with Crippen molar-refractivity contribution in [2.45, 2.75) is 71.7 Å². The molecule has 0 aliphatic carbocycles. The summed E-state index contributed by atoms with van der Waals surface area (Å²) < 4.78 is 7.84. The van der Waals surface area contributed by atoms with Crippen LogP contribution in [0.1, 0.15) is 57.0 Å². The molecule has 1 unspecified atom stereocenters. The number of nitrogens with zero attached hydrogens (tertiary/aromatic N) is 4. The van der Waals surface area contributed by atoms with E-state index in [1.54, 1.807) is 0 Å². The number of H-pyrrole nitrogens is 1.